The highest BCUT2D eigenvalue weighted by molar-refractivity contribution is 7.08. The molecule has 9 heteroatoms. The van der Waals surface area contributed by atoms with Crippen molar-refractivity contribution in [3.63, 3.8) is 0 Å². The monoisotopic (exact) mass is 474 g/mol. The third kappa shape index (κ3) is 5.30. The van der Waals surface area contributed by atoms with Gasteiger partial charge in [-0.1, -0.05) is 22.7 Å². The number of carbonyl (C=O) groups excluding carboxylic acids is 2. The molecule has 1 saturated carbocycles. The minimum atomic E-state index is -0.270. The van der Waals surface area contributed by atoms with Gasteiger partial charge in [-0.25, -0.2) is 0 Å². The molecule has 0 atom stereocenters. The summed E-state index contributed by atoms with van der Waals surface area (Å²) in [7, 11) is 0. The van der Waals surface area contributed by atoms with Crippen molar-refractivity contribution in [1.82, 2.24) is 14.5 Å². The predicted molar refractivity (Wildman–Crippen MR) is 130 cm³/mol. The second-order valence-corrected chi connectivity index (χ2v) is 9.24. The van der Waals surface area contributed by atoms with Crippen molar-refractivity contribution < 1.29 is 9.59 Å². The van der Waals surface area contributed by atoms with E-state index in [1.165, 1.54) is 0 Å². The smallest absolute Gasteiger partial charge is 0.269 e. The molecular weight excluding hydrogens is 448 g/mol. The van der Waals surface area contributed by atoms with E-state index in [1.54, 1.807) is 31.2 Å². The normalized spacial score (nSPS) is 17.6. The Kier molecular flexibility index (Phi) is 7.30. The number of hydrogen-bond acceptors (Lipinski definition) is 7. The second-order valence-electron chi connectivity index (χ2n) is 8.49. The van der Waals surface area contributed by atoms with Crippen LogP contribution in [0.2, 0.25) is 0 Å². The Morgan fingerprint density at radius 1 is 1.15 bits per heavy atom. The van der Waals surface area contributed by atoms with E-state index in [-0.39, 0.29) is 23.9 Å². The van der Waals surface area contributed by atoms with Crippen LogP contribution in [0.25, 0.3) is 0 Å². The van der Waals surface area contributed by atoms with Gasteiger partial charge >= 0.3 is 0 Å². The van der Waals surface area contributed by atoms with Gasteiger partial charge in [-0.15, -0.1) is 5.10 Å². The molecule has 1 heterocycles. The Morgan fingerprint density at radius 2 is 1.85 bits per heavy atom. The molecule has 1 aliphatic rings. The van der Waals surface area contributed by atoms with Crippen molar-refractivity contribution in [2.45, 2.75) is 51.2 Å². The number of nitrogens with two attached hydrogens (primary N) is 1. The zero-order valence-corrected chi connectivity index (χ0v) is 19.7. The lowest BCUT2D eigenvalue weighted by molar-refractivity contribution is 0.0607. The lowest BCUT2D eigenvalue weighted by Gasteiger charge is -2.36. The van der Waals surface area contributed by atoms with Gasteiger partial charge < -0.3 is 16.0 Å². The van der Waals surface area contributed by atoms with E-state index < -0.39 is 0 Å². The van der Waals surface area contributed by atoms with E-state index >= 15 is 0 Å². The SMILES string of the molecule is Cc1nnsc1C(=O)Nc1ccccc1CN(C(=O)c1ccc(C#N)cc1)C1CCC(N)CC1. The summed E-state index contributed by atoms with van der Waals surface area (Å²) in [6.45, 7) is 2.09. The van der Waals surface area contributed by atoms with Crippen LogP contribution in [0.3, 0.4) is 0 Å². The summed E-state index contributed by atoms with van der Waals surface area (Å²) in [5.41, 5.74) is 9.21. The third-order valence-corrected chi connectivity index (χ3v) is 6.99. The van der Waals surface area contributed by atoms with Crippen molar-refractivity contribution >= 4 is 29.0 Å². The minimum Gasteiger partial charge on any atom is -0.331 e. The summed E-state index contributed by atoms with van der Waals surface area (Å²) >= 11 is 1.05. The Labute approximate surface area is 202 Å². The number of rotatable bonds is 6. The number of amides is 2. The topological polar surface area (TPSA) is 125 Å². The number of nitrogens with zero attached hydrogens (tertiary/aromatic N) is 4. The van der Waals surface area contributed by atoms with E-state index in [1.807, 2.05) is 29.2 Å². The number of hydrogen-bond donors (Lipinski definition) is 2. The molecule has 0 saturated heterocycles. The van der Waals surface area contributed by atoms with Gasteiger partial charge in [-0.05, 0) is 80.0 Å². The highest BCUT2D eigenvalue weighted by atomic mass is 32.1. The molecule has 1 aliphatic carbocycles. The summed E-state index contributed by atoms with van der Waals surface area (Å²) in [6.07, 6.45) is 3.36. The fraction of sp³-hybridized carbons (Fsp3) is 0.320. The van der Waals surface area contributed by atoms with Gasteiger partial charge in [-0.3, -0.25) is 9.59 Å². The third-order valence-electron chi connectivity index (χ3n) is 6.17. The molecule has 2 aromatic carbocycles. The largest absolute Gasteiger partial charge is 0.331 e. The van der Waals surface area contributed by atoms with Crippen LogP contribution in [-0.2, 0) is 6.54 Å². The van der Waals surface area contributed by atoms with Gasteiger partial charge in [0.2, 0.25) is 0 Å². The zero-order valence-electron chi connectivity index (χ0n) is 18.9. The molecule has 0 aliphatic heterocycles. The number of aryl methyl sites for hydroxylation is 1. The van der Waals surface area contributed by atoms with E-state index in [0.717, 1.165) is 42.8 Å². The van der Waals surface area contributed by atoms with E-state index in [0.29, 0.717) is 33.9 Å². The molecule has 2 amide bonds. The highest BCUT2D eigenvalue weighted by Gasteiger charge is 2.29. The van der Waals surface area contributed by atoms with Crippen LogP contribution in [0, 0.1) is 18.3 Å². The molecule has 0 bridgehead atoms. The Balaban J connectivity index is 1.61. The number of nitriles is 1. The maximum Gasteiger partial charge on any atom is 0.269 e. The van der Waals surface area contributed by atoms with Crippen LogP contribution >= 0.6 is 11.5 Å². The number of anilines is 1. The first-order valence-electron chi connectivity index (χ1n) is 11.2. The predicted octanol–water partition coefficient (Wildman–Crippen LogP) is 3.88. The molecule has 1 fully saturated rings. The van der Waals surface area contributed by atoms with Crippen LogP contribution in [0.4, 0.5) is 5.69 Å². The summed E-state index contributed by atoms with van der Waals surface area (Å²) in [5.74, 6) is -0.373. The molecule has 0 unspecified atom stereocenters. The van der Waals surface area contributed by atoms with Gasteiger partial charge in [0.05, 0.1) is 17.3 Å². The number of benzene rings is 2. The number of nitrogens with one attached hydrogen (secondary N) is 1. The number of para-hydroxylation sites is 1. The minimum absolute atomic E-state index is 0.0413. The van der Waals surface area contributed by atoms with Gasteiger partial charge in [0.15, 0.2) is 0 Å². The van der Waals surface area contributed by atoms with Crippen LogP contribution in [0.15, 0.2) is 48.5 Å². The van der Waals surface area contributed by atoms with Gasteiger partial charge in [-0.2, -0.15) is 5.26 Å². The molecule has 3 N–H and O–H groups in total. The van der Waals surface area contributed by atoms with E-state index in [9.17, 15) is 9.59 Å². The summed E-state index contributed by atoms with van der Waals surface area (Å²) in [4.78, 5) is 28.7. The van der Waals surface area contributed by atoms with E-state index in [2.05, 4.69) is 21.0 Å². The number of aromatic nitrogens is 2. The molecule has 8 nitrogen and oxygen atoms in total. The van der Waals surface area contributed by atoms with Crippen LogP contribution in [-0.4, -0.2) is 38.4 Å². The number of carbonyl (C=O) groups is 2. The maximum absolute atomic E-state index is 13.6. The van der Waals surface area contributed by atoms with Crippen molar-refractivity contribution in [2.75, 3.05) is 5.32 Å². The average molecular weight is 475 g/mol. The van der Waals surface area contributed by atoms with Gasteiger partial charge in [0, 0.05) is 29.9 Å². The summed E-state index contributed by atoms with van der Waals surface area (Å²) < 4.78 is 3.84. The van der Waals surface area contributed by atoms with E-state index in [4.69, 9.17) is 11.0 Å². The van der Waals surface area contributed by atoms with Crippen LogP contribution in [0.1, 0.15) is 62.5 Å². The van der Waals surface area contributed by atoms with Gasteiger partial charge in [0.1, 0.15) is 4.88 Å². The highest BCUT2D eigenvalue weighted by Crippen LogP contribution is 2.28. The molecule has 0 spiro atoms. The molecule has 3 aromatic rings. The molecule has 1 aromatic heterocycles. The Morgan fingerprint density at radius 3 is 2.50 bits per heavy atom. The first-order valence-corrected chi connectivity index (χ1v) is 12.0. The van der Waals surface area contributed by atoms with Crippen LogP contribution in [0.5, 0.6) is 0 Å². The lowest BCUT2D eigenvalue weighted by Crippen LogP contribution is -2.44. The lowest BCUT2D eigenvalue weighted by atomic mass is 9.90. The molecular formula is C25H26N6O2S. The first kappa shape index (κ1) is 23.5. The average Bonchev–Trinajstić information content (AvgIpc) is 3.30. The van der Waals surface area contributed by atoms with Crippen molar-refractivity contribution in [3.8, 4) is 6.07 Å². The van der Waals surface area contributed by atoms with Crippen LogP contribution < -0.4 is 11.1 Å². The fourth-order valence-electron chi connectivity index (χ4n) is 4.22. The molecule has 34 heavy (non-hydrogen) atoms. The zero-order chi connectivity index (χ0) is 24.1. The molecule has 4 rings (SSSR count). The standard InChI is InChI=1S/C25H26N6O2S/c1-16-23(34-30-29-16)24(32)28-22-5-3-2-4-19(22)15-31(21-12-10-20(27)11-13-21)25(33)18-8-6-17(14-26)7-9-18/h2-9,20-21H,10-13,15,27H2,1H3,(H,28,32). The first-order chi connectivity index (χ1) is 16.5. The maximum atomic E-state index is 13.6. The van der Waals surface area contributed by atoms with Crippen molar-refractivity contribution in [2.24, 2.45) is 5.73 Å². The second kappa shape index (κ2) is 10.5. The van der Waals surface area contributed by atoms with Crippen molar-refractivity contribution in [1.29, 1.82) is 5.26 Å². The summed E-state index contributed by atoms with van der Waals surface area (Å²) in [5, 5.41) is 16.0. The Hall–Kier alpha value is -3.61. The summed E-state index contributed by atoms with van der Waals surface area (Å²) in [6, 6.07) is 16.5. The fourth-order valence-corrected chi connectivity index (χ4v) is 4.77. The quantitative estimate of drug-likeness (QED) is 0.558. The molecule has 174 valence electrons. The van der Waals surface area contributed by atoms with Gasteiger partial charge in [0.25, 0.3) is 11.8 Å². The Bertz CT molecular complexity index is 1210. The molecule has 0 radical (unpaired) electrons. The van der Waals surface area contributed by atoms with Crippen molar-refractivity contribution in [3.05, 3.63) is 75.8 Å².